The highest BCUT2D eigenvalue weighted by Gasteiger charge is 2.17. The van der Waals surface area contributed by atoms with Gasteiger partial charge in [0.15, 0.2) is 11.6 Å². The largest absolute Gasteiger partial charge is 0.496 e. The van der Waals surface area contributed by atoms with E-state index in [1.54, 1.807) is 0 Å². The first-order chi connectivity index (χ1) is 9.10. The Bertz CT molecular complexity index is 432. The van der Waals surface area contributed by atoms with Crippen LogP contribution in [0.5, 0.6) is 5.75 Å². The summed E-state index contributed by atoms with van der Waals surface area (Å²) in [7, 11) is 3.57. The van der Waals surface area contributed by atoms with Gasteiger partial charge in [-0.3, -0.25) is 0 Å². The highest BCUT2D eigenvalue weighted by Crippen LogP contribution is 2.22. The molecule has 1 saturated heterocycles. The molecule has 2 rings (SSSR count). The van der Waals surface area contributed by atoms with E-state index >= 15 is 0 Å². The number of hydrogen-bond acceptors (Lipinski definition) is 3. The van der Waals surface area contributed by atoms with Gasteiger partial charge in [0.2, 0.25) is 0 Å². The lowest BCUT2D eigenvalue weighted by atomic mass is 10.0. The van der Waals surface area contributed by atoms with Gasteiger partial charge in [-0.25, -0.2) is 8.78 Å². The highest BCUT2D eigenvalue weighted by molar-refractivity contribution is 5.34. The van der Waals surface area contributed by atoms with Gasteiger partial charge in [-0.1, -0.05) is 0 Å². The van der Waals surface area contributed by atoms with Crippen molar-refractivity contribution < 1.29 is 13.5 Å². The van der Waals surface area contributed by atoms with Gasteiger partial charge in [-0.2, -0.15) is 0 Å². The van der Waals surface area contributed by atoms with Gasteiger partial charge >= 0.3 is 0 Å². The van der Waals surface area contributed by atoms with Crippen molar-refractivity contribution in [1.29, 1.82) is 0 Å². The third-order valence-electron chi connectivity index (χ3n) is 3.62. The smallest absolute Gasteiger partial charge is 0.162 e. The van der Waals surface area contributed by atoms with Crippen LogP contribution in [-0.2, 0) is 6.54 Å². The molecule has 1 aromatic carbocycles. The lowest BCUT2D eigenvalue weighted by Gasteiger charge is -2.29. The molecule has 0 unspecified atom stereocenters. The summed E-state index contributed by atoms with van der Waals surface area (Å²) in [5.41, 5.74) is 0.653. The van der Waals surface area contributed by atoms with Crippen molar-refractivity contribution in [3.05, 3.63) is 29.3 Å². The first-order valence-corrected chi connectivity index (χ1v) is 6.54. The van der Waals surface area contributed by atoms with Crippen LogP contribution in [0.15, 0.2) is 12.1 Å². The Morgan fingerprint density at radius 2 is 1.89 bits per heavy atom. The van der Waals surface area contributed by atoms with Crippen molar-refractivity contribution >= 4 is 0 Å². The molecule has 106 valence electrons. The summed E-state index contributed by atoms with van der Waals surface area (Å²) in [6.07, 6.45) is 2.14. The molecule has 3 nitrogen and oxygen atoms in total. The molecule has 0 aromatic heterocycles. The quantitative estimate of drug-likeness (QED) is 0.907. The van der Waals surface area contributed by atoms with Crippen molar-refractivity contribution in [1.82, 2.24) is 10.2 Å². The molecule has 0 saturated carbocycles. The predicted molar refractivity (Wildman–Crippen MR) is 70.3 cm³/mol. The number of benzene rings is 1. The average molecular weight is 270 g/mol. The minimum atomic E-state index is -0.875. The molecule has 1 aliphatic heterocycles. The number of ether oxygens (including phenoxy) is 1. The molecule has 1 aliphatic rings. The van der Waals surface area contributed by atoms with Crippen LogP contribution in [0.4, 0.5) is 8.78 Å². The Morgan fingerprint density at radius 1 is 1.26 bits per heavy atom. The summed E-state index contributed by atoms with van der Waals surface area (Å²) in [6, 6.07) is 2.73. The molecule has 19 heavy (non-hydrogen) atoms. The van der Waals surface area contributed by atoms with Crippen LogP contribution in [0.2, 0.25) is 0 Å². The standard InChI is InChI=1S/C14H20F2N2O/c1-18-5-3-11(4-6-18)17-9-10-7-12(15)13(16)8-14(10)19-2/h7-8,11,17H,3-6,9H2,1-2H3. The number of methoxy groups -OCH3 is 1. The van der Waals surface area contributed by atoms with Gasteiger partial charge in [0.25, 0.3) is 0 Å². The van der Waals surface area contributed by atoms with E-state index in [9.17, 15) is 8.78 Å². The molecule has 1 N–H and O–H groups in total. The maximum atomic E-state index is 13.2. The molecule has 0 atom stereocenters. The minimum absolute atomic E-state index is 0.388. The molecular formula is C14H20F2N2O. The summed E-state index contributed by atoms with van der Waals surface area (Å²) in [6.45, 7) is 2.62. The maximum absolute atomic E-state index is 13.2. The van der Waals surface area contributed by atoms with E-state index in [4.69, 9.17) is 4.74 Å². The number of likely N-dealkylation sites (tertiary alicyclic amines) is 1. The van der Waals surface area contributed by atoms with Crippen LogP contribution in [0, 0.1) is 11.6 Å². The molecule has 1 heterocycles. The molecule has 0 bridgehead atoms. The number of piperidine rings is 1. The van der Waals surface area contributed by atoms with Crippen LogP contribution in [0.3, 0.4) is 0 Å². The maximum Gasteiger partial charge on any atom is 0.162 e. The van der Waals surface area contributed by atoms with Gasteiger partial charge in [0, 0.05) is 24.2 Å². The van der Waals surface area contributed by atoms with Gasteiger partial charge in [0.1, 0.15) is 5.75 Å². The van der Waals surface area contributed by atoms with E-state index in [0.29, 0.717) is 23.9 Å². The van der Waals surface area contributed by atoms with E-state index in [-0.39, 0.29) is 0 Å². The van der Waals surface area contributed by atoms with Crippen LogP contribution in [-0.4, -0.2) is 38.2 Å². The molecule has 5 heteroatoms. The van der Waals surface area contributed by atoms with E-state index < -0.39 is 11.6 Å². The second-order valence-electron chi connectivity index (χ2n) is 5.04. The predicted octanol–water partition coefficient (Wildman–Crippen LogP) is 2.16. The number of nitrogens with zero attached hydrogens (tertiary/aromatic N) is 1. The fourth-order valence-electron chi connectivity index (χ4n) is 2.36. The SMILES string of the molecule is COc1cc(F)c(F)cc1CNC1CCN(C)CC1. The molecule has 1 fully saturated rings. The first kappa shape index (κ1) is 14.2. The minimum Gasteiger partial charge on any atom is -0.496 e. The van der Waals surface area contributed by atoms with Crippen molar-refractivity contribution in [3.8, 4) is 5.75 Å². The summed E-state index contributed by atoms with van der Waals surface area (Å²) in [4.78, 5) is 2.29. The second kappa shape index (κ2) is 6.30. The molecule has 1 aromatic rings. The number of halogens is 2. The molecule has 0 aliphatic carbocycles. The third kappa shape index (κ3) is 3.64. The van der Waals surface area contributed by atoms with E-state index in [2.05, 4.69) is 17.3 Å². The van der Waals surface area contributed by atoms with E-state index in [0.717, 1.165) is 32.0 Å². The molecule has 0 amide bonds. The Labute approximate surface area is 112 Å². The van der Waals surface area contributed by atoms with Gasteiger partial charge < -0.3 is 15.0 Å². The Hall–Kier alpha value is -1.20. The van der Waals surface area contributed by atoms with Crippen molar-refractivity contribution in [2.24, 2.45) is 0 Å². The van der Waals surface area contributed by atoms with Gasteiger partial charge in [0.05, 0.1) is 7.11 Å². The van der Waals surface area contributed by atoms with Crippen LogP contribution < -0.4 is 10.1 Å². The topological polar surface area (TPSA) is 24.5 Å². The summed E-state index contributed by atoms with van der Waals surface area (Å²) < 4.78 is 31.4. The Kier molecular flexibility index (Phi) is 4.71. The van der Waals surface area contributed by atoms with Gasteiger partial charge in [-0.15, -0.1) is 0 Å². The fourth-order valence-corrected chi connectivity index (χ4v) is 2.36. The summed E-state index contributed by atoms with van der Waals surface area (Å²) in [5, 5.41) is 3.38. The lowest BCUT2D eigenvalue weighted by Crippen LogP contribution is -2.40. The zero-order valence-corrected chi connectivity index (χ0v) is 11.4. The average Bonchev–Trinajstić information content (AvgIpc) is 2.41. The zero-order valence-electron chi connectivity index (χ0n) is 11.4. The highest BCUT2D eigenvalue weighted by atomic mass is 19.2. The number of rotatable bonds is 4. The second-order valence-corrected chi connectivity index (χ2v) is 5.04. The number of hydrogen-bond donors (Lipinski definition) is 1. The van der Waals surface area contributed by atoms with Crippen LogP contribution >= 0.6 is 0 Å². The first-order valence-electron chi connectivity index (χ1n) is 6.54. The number of nitrogens with one attached hydrogen (secondary N) is 1. The monoisotopic (exact) mass is 270 g/mol. The molecule has 0 spiro atoms. The normalized spacial score (nSPS) is 17.7. The Morgan fingerprint density at radius 3 is 2.53 bits per heavy atom. The fraction of sp³-hybridized carbons (Fsp3) is 0.571. The summed E-state index contributed by atoms with van der Waals surface area (Å²) >= 11 is 0. The molecular weight excluding hydrogens is 250 g/mol. The summed E-state index contributed by atoms with van der Waals surface area (Å²) in [5.74, 6) is -1.32. The Balaban J connectivity index is 1.97. The van der Waals surface area contributed by atoms with Crippen LogP contribution in [0.25, 0.3) is 0 Å². The van der Waals surface area contributed by atoms with Gasteiger partial charge in [-0.05, 0) is 39.0 Å². The van der Waals surface area contributed by atoms with E-state index in [1.807, 2.05) is 0 Å². The lowest BCUT2D eigenvalue weighted by molar-refractivity contribution is 0.233. The third-order valence-corrected chi connectivity index (χ3v) is 3.62. The van der Waals surface area contributed by atoms with Crippen molar-refractivity contribution in [2.75, 3.05) is 27.2 Å². The van der Waals surface area contributed by atoms with Crippen LogP contribution in [0.1, 0.15) is 18.4 Å². The van der Waals surface area contributed by atoms with Crippen molar-refractivity contribution in [2.45, 2.75) is 25.4 Å². The molecule has 0 radical (unpaired) electrons. The van der Waals surface area contributed by atoms with Crippen molar-refractivity contribution in [3.63, 3.8) is 0 Å². The zero-order chi connectivity index (χ0) is 13.8. The van der Waals surface area contributed by atoms with E-state index in [1.165, 1.54) is 13.2 Å².